The Morgan fingerprint density at radius 2 is 2.35 bits per heavy atom. The molecule has 98 valence electrons. The average Bonchev–Trinajstić information content (AvgIpc) is 2.81. The van der Waals surface area contributed by atoms with Crippen molar-refractivity contribution in [1.29, 1.82) is 0 Å². The van der Waals surface area contributed by atoms with Crippen LogP contribution in [0, 0.1) is 5.41 Å². The lowest BCUT2D eigenvalue weighted by atomic mass is 9.69. The molecule has 0 aromatic carbocycles. The minimum absolute atomic E-state index is 0.289. The number of hydrogen-bond acceptors (Lipinski definition) is 5. The quantitative estimate of drug-likeness (QED) is 0.773. The van der Waals surface area contributed by atoms with Crippen LogP contribution in [-0.2, 0) is 14.3 Å². The number of esters is 1. The maximum absolute atomic E-state index is 12.2. The number of carbonyl (C=O) groups is 1. The number of aliphatic hydroxyl groups is 1. The molecule has 1 N–H and O–H groups in total. The first-order valence-electron chi connectivity index (χ1n) is 6.20. The van der Waals surface area contributed by atoms with E-state index in [4.69, 9.17) is 9.47 Å². The summed E-state index contributed by atoms with van der Waals surface area (Å²) in [7, 11) is 0. The highest BCUT2D eigenvalue weighted by atomic mass is 32.2. The van der Waals surface area contributed by atoms with Gasteiger partial charge in [-0.15, -0.1) is 0 Å². The molecule has 2 fully saturated rings. The zero-order valence-electron chi connectivity index (χ0n) is 10.2. The van der Waals surface area contributed by atoms with Gasteiger partial charge in [-0.25, -0.2) is 0 Å². The summed E-state index contributed by atoms with van der Waals surface area (Å²) in [4.78, 5) is 12.2. The molecule has 0 radical (unpaired) electrons. The van der Waals surface area contributed by atoms with Gasteiger partial charge in [-0.3, -0.25) is 4.79 Å². The summed E-state index contributed by atoms with van der Waals surface area (Å²) < 4.78 is 10.5. The van der Waals surface area contributed by atoms with Crippen LogP contribution in [0.25, 0.3) is 0 Å². The van der Waals surface area contributed by atoms with Crippen LogP contribution in [0.2, 0.25) is 0 Å². The maximum Gasteiger partial charge on any atom is 0.317 e. The van der Waals surface area contributed by atoms with E-state index in [2.05, 4.69) is 0 Å². The van der Waals surface area contributed by atoms with Gasteiger partial charge in [-0.2, -0.15) is 11.8 Å². The summed E-state index contributed by atoms with van der Waals surface area (Å²) in [5.74, 6) is 1.37. The Balaban J connectivity index is 2.23. The molecule has 0 spiro atoms. The first-order chi connectivity index (χ1) is 8.15. The van der Waals surface area contributed by atoms with Gasteiger partial charge >= 0.3 is 5.97 Å². The number of rotatable bonds is 3. The Hall–Kier alpha value is -0.260. The van der Waals surface area contributed by atoms with Crippen molar-refractivity contribution in [3.8, 4) is 0 Å². The summed E-state index contributed by atoms with van der Waals surface area (Å²) in [5, 5.41) is 10.8. The van der Waals surface area contributed by atoms with Crippen LogP contribution < -0.4 is 0 Å². The van der Waals surface area contributed by atoms with E-state index >= 15 is 0 Å². The minimum atomic E-state index is -0.960. The van der Waals surface area contributed by atoms with Crippen LogP contribution in [0.15, 0.2) is 0 Å². The van der Waals surface area contributed by atoms with Crippen molar-refractivity contribution in [3.05, 3.63) is 0 Å². The summed E-state index contributed by atoms with van der Waals surface area (Å²) >= 11 is 1.71. The van der Waals surface area contributed by atoms with Crippen LogP contribution in [0.4, 0.5) is 0 Å². The molecule has 0 aromatic rings. The fourth-order valence-electron chi connectivity index (χ4n) is 2.71. The van der Waals surface area contributed by atoms with Crippen LogP contribution in [0.3, 0.4) is 0 Å². The average molecular weight is 260 g/mol. The van der Waals surface area contributed by atoms with Gasteiger partial charge in [0.1, 0.15) is 5.41 Å². The summed E-state index contributed by atoms with van der Waals surface area (Å²) in [6.45, 7) is 2.97. The van der Waals surface area contributed by atoms with Crippen molar-refractivity contribution in [2.75, 3.05) is 31.3 Å². The lowest BCUT2D eigenvalue weighted by Gasteiger charge is -2.44. The van der Waals surface area contributed by atoms with Crippen molar-refractivity contribution < 1.29 is 19.4 Å². The van der Waals surface area contributed by atoms with Gasteiger partial charge in [-0.05, 0) is 31.9 Å². The second-order valence-corrected chi connectivity index (χ2v) is 5.90. The lowest BCUT2D eigenvalue weighted by Crippen LogP contribution is -2.57. The Labute approximate surface area is 106 Å². The molecule has 2 aliphatic rings. The summed E-state index contributed by atoms with van der Waals surface area (Å²) in [6.07, 6.45) is 2.19. The fraction of sp³-hybridized carbons (Fsp3) is 0.917. The largest absolute Gasteiger partial charge is 0.465 e. The standard InChI is InChI=1S/C12H20O4S/c1-2-16-10(13)11(5-6-15-8-11)12(14)4-3-7-17-9-12/h14H,2-9H2,1H3. The highest BCUT2D eigenvalue weighted by Gasteiger charge is 2.59. The second kappa shape index (κ2) is 5.16. The van der Waals surface area contributed by atoms with Crippen LogP contribution in [0.1, 0.15) is 26.2 Å². The third kappa shape index (κ3) is 2.20. The van der Waals surface area contributed by atoms with Gasteiger partial charge in [0.05, 0.1) is 18.8 Å². The van der Waals surface area contributed by atoms with Crippen molar-refractivity contribution in [3.63, 3.8) is 0 Å². The molecule has 2 rings (SSSR count). The Kier molecular flexibility index (Phi) is 4.00. The number of carbonyl (C=O) groups excluding carboxylic acids is 1. The Morgan fingerprint density at radius 3 is 2.88 bits per heavy atom. The number of thioether (sulfide) groups is 1. The molecule has 0 aliphatic carbocycles. The molecule has 17 heavy (non-hydrogen) atoms. The molecular formula is C12H20O4S. The van der Waals surface area contributed by atoms with E-state index in [0.29, 0.717) is 38.4 Å². The van der Waals surface area contributed by atoms with E-state index in [9.17, 15) is 9.90 Å². The number of ether oxygens (including phenoxy) is 2. The van der Waals surface area contributed by atoms with Crippen molar-refractivity contribution in [2.45, 2.75) is 31.8 Å². The van der Waals surface area contributed by atoms with Crippen LogP contribution >= 0.6 is 11.8 Å². The van der Waals surface area contributed by atoms with Gasteiger partial charge in [0, 0.05) is 12.4 Å². The molecule has 2 unspecified atom stereocenters. The summed E-state index contributed by atoms with van der Waals surface area (Å²) in [6, 6.07) is 0. The molecule has 0 bridgehead atoms. The second-order valence-electron chi connectivity index (χ2n) is 4.79. The van der Waals surface area contributed by atoms with Gasteiger partial charge in [-0.1, -0.05) is 0 Å². The highest BCUT2D eigenvalue weighted by Crippen LogP contribution is 2.47. The third-order valence-electron chi connectivity index (χ3n) is 3.80. The molecule has 2 saturated heterocycles. The van der Waals surface area contributed by atoms with E-state index in [1.807, 2.05) is 0 Å². The van der Waals surface area contributed by atoms with Crippen LogP contribution in [-0.4, -0.2) is 48.0 Å². The van der Waals surface area contributed by atoms with Gasteiger partial charge in [0.2, 0.25) is 0 Å². The topological polar surface area (TPSA) is 55.8 Å². The summed E-state index contributed by atoms with van der Waals surface area (Å²) in [5.41, 5.74) is -1.80. The van der Waals surface area contributed by atoms with Gasteiger partial charge < -0.3 is 14.6 Å². The molecule has 0 amide bonds. The predicted octanol–water partition coefficient (Wildman–Crippen LogP) is 1.21. The Morgan fingerprint density at radius 1 is 1.53 bits per heavy atom. The van der Waals surface area contributed by atoms with Gasteiger partial charge in [0.25, 0.3) is 0 Å². The molecule has 4 nitrogen and oxygen atoms in total. The van der Waals surface area contributed by atoms with Crippen molar-refractivity contribution in [1.82, 2.24) is 0 Å². The zero-order chi connectivity index (χ0) is 12.4. The van der Waals surface area contributed by atoms with Gasteiger partial charge in [0.15, 0.2) is 0 Å². The van der Waals surface area contributed by atoms with E-state index in [1.165, 1.54) is 0 Å². The van der Waals surface area contributed by atoms with Crippen molar-refractivity contribution >= 4 is 17.7 Å². The smallest absolute Gasteiger partial charge is 0.317 e. The van der Waals surface area contributed by atoms with E-state index in [1.54, 1.807) is 18.7 Å². The molecule has 2 aliphatic heterocycles. The SMILES string of the molecule is CCOC(=O)C1(C2(O)CCCSC2)CCOC1. The molecule has 0 saturated carbocycles. The first kappa shape index (κ1) is 13.2. The van der Waals surface area contributed by atoms with E-state index < -0.39 is 11.0 Å². The van der Waals surface area contributed by atoms with Crippen molar-refractivity contribution in [2.24, 2.45) is 5.41 Å². The predicted molar refractivity (Wildman–Crippen MR) is 66.0 cm³/mol. The maximum atomic E-state index is 12.2. The number of hydrogen-bond donors (Lipinski definition) is 1. The normalized spacial score (nSPS) is 38.0. The minimum Gasteiger partial charge on any atom is -0.465 e. The molecular weight excluding hydrogens is 240 g/mol. The molecule has 2 atom stereocenters. The molecule has 5 heteroatoms. The molecule has 2 heterocycles. The Bertz CT molecular complexity index is 280. The third-order valence-corrected chi connectivity index (χ3v) is 5.06. The molecule has 0 aromatic heterocycles. The fourth-order valence-corrected chi connectivity index (χ4v) is 3.96. The van der Waals surface area contributed by atoms with Crippen LogP contribution in [0.5, 0.6) is 0 Å². The lowest BCUT2D eigenvalue weighted by molar-refractivity contribution is -0.174. The highest BCUT2D eigenvalue weighted by molar-refractivity contribution is 7.99. The monoisotopic (exact) mass is 260 g/mol. The zero-order valence-corrected chi connectivity index (χ0v) is 11.1. The van der Waals surface area contributed by atoms with E-state index in [-0.39, 0.29) is 5.97 Å². The van der Waals surface area contributed by atoms with E-state index in [0.717, 1.165) is 12.2 Å². The first-order valence-corrected chi connectivity index (χ1v) is 7.35.